The Balaban J connectivity index is 2.31. The summed E-state index contributed by atoms with van der Waals surface area (Å²) in [4.78, 5) is 51.8. The van der Waals surface area contributed by atoms with Crippen molar-refractivity contribution in [3.05, 3.63) is 34.1 Å². The summed E-state index contributed by atoms with van der Waals surface area (Å²) >= 11 is 7.19. The number of unbranched alkanes of at least 4 members (excludes halogenated alkanes) is 1. The highest BCUT2D eigenvalue weighted by molar-refractivity contribution is 8.00. The van der Waals surface area contributed by atoms with Gasteiger partial charge >= 0.3 is 11.9 Å². The number of carbonyl (C=O) groups excluding carboxylic acids is 4. The largest absolute Gasteiger partial charge is 0.465 e. The normalized spacial score (nSPS) is 13.3. The number of anilines is 1. The molecule has 0 saturated heterocycles. The van der Waals surface area contributed by atoms with Crippen molar-refractivity contribution in [2.45, 2.75) is 64.2 Å². The highest BCUT2D eigenvalue weighted by atomic mass is 35.5. The maximum absolute atomic E-state index is 15.0. The van der Waals surface area contributed by atoms with E-state index in [-0.39, 0.29) is 47.2 Å². The molecule has 2 amide bonds. The zero-order chi connectivity index (χ0) is 27.4. The number of esters is 2. The Hall–Kier alpha value is -2.43. The molecule has 0 spiro atoms. The minimum absolute atomic E-state index is 0.0269. The molecular formula is C26H33ClFNO7S. The van der Waals surface area contributed by atoms with E-state index in [1.807, 2.05) is 13.8 Å². The van der Waals surface area contributed by atoms with E-state index in [1.165, 1.54) is 6.07 Å². The average Bonchev–Trinajstić information content (AvgIpc) is 2.87. The second-order valence-corrected chi connectivity index (χ2v) is 9.68. The van der Waals surface area contributed by atoms with Gasteiger partial charge in [-0.25, -0.2) is 14.1 Å². The van der Waals surface area contributed by atoms with E-state index in [0.29, 0.717) is 42.3 Å². The number of carbonyl (C=O) groups is 4. The molecule has 0 N–H and O–H groups in total. The highest BCUT2D eigenvalue weighted by Gasteiger charge is 2.32. The van der Waals surface area contributed by atoms with Crippen molar-refractivity contribution >= 4 is 52.8 Å². The van der Waals surface area contributed by atoms with E-state index in [4.69, 9.17) is 25.8 Å². The lowest BCUT2D eigenvalue weighted by atomic mass is 9.90. The number of nitrogens with zero attached hydrogens (tertiary/aromatic N) is 1. The zero-order valence-electron chi connectivity index (χ0n) is 21.4. The minimum Gasteiger partial charge on any atom is -0.465 e. The van der Waals surface area contributed by atoms with Crippen LogP contribution in [0.3, 0.4) is 0 Å². The molecule has 37 heavy (non-hydrogen) atoms. The van der Waals surface area contributed by atoms with Crippen molar-refractivity contribution in [3.63, 3.8) is 0 Å². The number of imide groups is 1. The fraction of sp³-hybridized carbons (Fsp3) is 0.538. The van der Waals surface area contributed by atoms with Gasteiger partial charge in [0.05, 0.1) is 29.7 Å². The van der Waals surface area contributed by atoms with Gasteiger partial charge < -0.3 is 14.2 Å². The molecule has 2 rings (SSSR count). The first-order chi connectivity index (χ1) is 17.7. The molecule has 0 unspecified atom stereocenters. The lowest BCUT2D eigenvalue weighted by Crippen LogP contribution is -2.38. The summed E-state index contributed by atoms with van der Waals surface area (Å²) in [6.07, 6.45) is 3.49. The molecule has 1 aliphatic carbocycles. The first-order valence-corrected chi connectivity index (χ1v) is 13.7. The molecule has 0 heterocycles. The molecule has 0 fully saturated rings. The van der Waals surface area contributed by atoms with Crippen LogP contribution < -0.4 is 4.90 Å². The number of benzene rings is 1. The number of ether oxygens (including phenoxy) is 3. The van der Waals surface area contributed by atoms with Crippen LogP contribution in [0.2, 0.25) is 5.02 Å². The van der Waals surface area contributed by atoms with Crippen molar-refractivity contribution in [3.8, 4) is 0 Å². The van der Waals surface area contributed by atoms with Crippen LogP contribution in [0.25, 0.3) is 0 Å². The van der Waals surface area contributed by atoms with E-state index in [0.717, 1.165) is 37.6 Å². The van der Waals surface area contributed by atoms with Gasteiger partial charge in [-0.2, -0.15) is 0 Å². The first kappa shape index (κ1) is 30.8. The number of hydrogen-bond acceptors (Lipinski definition) is 8. The predicted molar refractivity (Wildman–Crippen MR) is 139 cm³/mol. The number of halogens is 2. The van der Waals surface area contributed by atoms with Crippen LogP contribution in [0, 0.1) is 5.82 Å². The second kappa shape index (κ2) is 15.7. The van der Waals surface area contributed by atoms with Crippen molar-refractivity contribution in [2.75, 3.05) is 37.1 Å². The molecule has 1 aliphatic rings. The van der Waals surface area contributed by atoms with Crippen LogP contribution >= 0.6 is 23.4 Å². The van der Waals surface area contributed by atoms with E-state index in [9.17, 15) is 19.2 Å². The standard InChI is InChI=1S/C26H33ClFNO7S/c1-4-6-11-35-24(31)16-37-23-15-22(21(28)14-20(23)27)29(17(3)30)25(32)18-9-7-8-10-19(18)26(33)36-13-12-34-5-2/h14-15H,4-13,16H2,1-3H3. The highest BCUT2D eigenvalue weighted by Crippen LogP contribution is 2.36. The van der Waals surface area contributed by atoms with Gasteiger partial charge in [-0.1, -0.05) is 24.9 Å². The van der Waals surface area contributed by atoms with E-state index < -0.39 is 29.6 Å². The smallest absolute Gasteiger partial charge is 0.334 e. The Kier molecular flexibility index (Phi) is 13.1. The van der Waals surface area contributed by atoms with E-state index in [2.05, 4.69) is 0 Å². The Morgan fingerprint density at radius 2 is 1.73 bits per heavy atom. The van der Waals surface area contributed by atoms with Crippen molar-refractivity contribution < 1.29 is 37.8 Å². The summed E-state index contributed by atoms with van der Waals surface area (Å²) in [5, 5.41) is 0.0269. The SMILES string of the molecule is CCCCOC(=O)CSc1cc(N(C(C)=O)C(=O)C2=C(C(=O)OCCOCC)CCCC2)c(F)cc1Cl. The van der Waals surface area contributed by atoms with Crippen molar-refractivity contribution in [1.82, 2.24) is 0 Å². The number of thioether (sulfide) groups is 1. The molecule has 1 aromatic rings. The lowest BCUT2D eigenvalue weighted by Gasteiger charge is -2.25. The second-order valence-electron chi connectivity index (χ2n) is 8.25. The van der Waals surface area contributed by atoms with Crippen LogP contribution in [0.15, 0.2) is 28.2 Å². The van der Waals surface area contributed by atoms with Gasteiger partial charge in [-0.3, -0.25) is 14.4 Å². The molecule has 0 radical (unpaired) electrons. The molecule has 0 aliphatic heterocycles. The third-order valence-corrected chi connectivity index (χ3v) is 6.96. The summed E-state index contributed by atoms with van der Waals surface area (Å²) < 4.78 is 30.5. The Morgan fingerprint density at radius 1 is 1.03 bits per heavy atom. The summed E-state index contributed by atoms with van der Waals surface area (Å²) in [6, 6.07) is 2.24. The molecule has 0 atom stereocenters. The fourth-order valence-corrected chi connectivity index (χ4v) is 4.72. The van der Waals surface area contributed by atoms with Gasteiger partial charge in [0.25, 0.3) is 5.91 Å². The lowest BCUT2D eigenvalue weighted by molar-refractivity contribution is -0.141. The van der Waals surface area contributed by atoms with Gasteiger partial charge in [-0.05, 0) is 51.2 Å². The zero-order valence-corrected chi connectivity index (χ0v) is 23.0. The van der Waals surface area contributed by atoms with Crippen LogP contribution in [0.1, 0.15) is 59.3 Å². The number of amides is 2. The topological polar surface area (TPSA) is 99.2 Å². The maximum atomic E-state index is 15.0. The summed E-state index contributed by atoms with van der Waals surface area (Å²) in [7, 11) is 0. The Labute approximate surface area is 225 Å². The third kappa shape index (κ3) is 9.12. The maximum Gasteiger partial charge on any atom is 0.334 e. The number of rotatable bonds is 13. The Morgan fingerprint density at radius 3 is 2.38 bits per heavy atom. The van der Waals surface area contributed by atoms with Gasteiger partial charge in [0.1, 0.15) is 12.4 Å². The van der Waals surface area contributed by atoms with Gasteiger partial charge in [0.2, 0.25) is 5.91 Å². The third-order valence-electron chi connectivity index (χ3n) is 5.50. The van der Waals surface area contributed by atoms with Gasteiger partial charge in [0.15, 0.2) is 0 Å². The van der Waals surface area contributed by atoms with Crippen LogP contribution in [0.5, 0.6) is 0 Å². The molecule has 0 bridgehead atoms. The predicted octanol–water partition coefficient (Wildman–Crippen LogP) is 5.24. The average molecular weight is 558 g/mol. The molecule has 11 heteroatoms. The number of hydrogen-bond donors (Lipinski definition) is 0. The molecule has 0 saturated carbocycles. The fourth-order valence-electron chi connectivity index (χ4n) is 3.66. The van der Waals surface area contributed by atoms with E-state index in [1.54, 1.807) is 0 Å². The van der Waals surface area contributed by atoms with Crippen LogP contribution in [-0.2, 0) is 33.4 Å². The summed E-state index contributed by atoms with van der Waals surface area (Å²) in [6.45, 7) is 5.95. The van der Waals surface area contributed by atoms with Gasteiger partial charge in [-0.15, -0.1) is 11.8 Å². The summed E-state index contributed by atoms with van der Waals surface area (Å²) in [5.74, 6) is -3.60. The molecular weight excluding hydrogens is 525 g/mol. The van der Waals surface area contributed by atoms with Crippen molar-refractivity contribution in [1.29, 1.82) is 0 Å². The summed E-state index contributed by atoms with van der Waals surface area (Å²) in [5.41, 5.74) is -0.0189. The van der Waals surface area contributed by atoms with Crippen molar-refractivity contribution in [2.24, 2.45) is 0 Å². The monoisotopic (exact) mass is 557 g/mol. The molecule has 1 aromatic carbocycles. The minimum atomic E-state index is -0.888. The van der Waals surface area contributed by atoms with E-state index >= 15 is 4.39 Å². The van der Waals surface area contributed by atoms with Gasteiger partial charge in [0, 0.05) is 29.6 Å². The molecule has 8 nitrogen and oxygen atoms in total. The first-order valence-electron chi connectivity index (χ1n) is 12.3. The Bertz CT molecular complexity index is 1030. The molecule has 204 valence electrons. The van der Waals surface area contributed by atoms with Crippen LogP contribution in [-0.4, -0.2) is 55.9 Å². The quantitative estimate of drug-likeness (QED) is 0.184. The van der Waals surface area contributed by atoms with Crippen LogP contribution in [0.4, 0.5) is 10.1 Å². The molecule has 0 aromatic heterocycles.